The third-order valence-electron chi connectivity index (χ3n) is 5.88. The molecule has 1 aliphatic rings. The average Bonchev–Trinajstić information content (AvgIpc) is 2.75. The molecular weight excluding hydrogens is 391 g/mol. The Balaban J connectivity index is 1.67. The van der Waals surface area contributed by atoms with Crippen LogP contribution in [0.1, 0.15) is 31.0 Å². The second kappa shape index (κ2) is 10.3. The number of carboxylic acid groups (broad SMARTS) is 1. The summed E-state index contributed by atoms with van der Waals surface area (Å²) >= 11 is 1.77. The van der Waals surface area contributed by atoms with E-state index in [0.29, 0.717) is 30.7 Å². The molecule has 1 fully saturated rings. The number of benzene rings is 1. The zero-order chi connectivity index (χ0) is 20.8. The molecule has 0 unspecified atom stereocenters. The maximum Gasteiger partial charge on any atom is 0.308 e. The Bertz CT molecular complexity index is 835. The molecule has 0 spiro atoms. The number of likely N-dealkylation sites (tertiary alicyclic amines) is 1. The van der Waals surface area contributed by atoms with Crippen molar-refractivity contribution in [3.63, 3.8) is 0 Å². The first kappa shape index (κ1) is 21.8. The number of rotatable bonds is 9. The monoisotopic (exact) mass is 420 g/mol. The van der Waals surface area contributed by atoms with Gasteiger partial charge in [0.15, 0.2) is 0 Å². The van der Waals surface area contributed by atoms with Crippen molar-refractivity contribution >= 4 is 28.6 Å². The van der Waals surface area contributed by atoms with Gasteiger partial charge in [-0.3, -0.25) is 9.78 Å². The lowest BCUT2D eigenvalue weighted by molar-refractivity contribution is -0.146. The zero-order valence-corrected chi connectivity index (χ0v) is 17.8. The van der Waals surface area contributed by atoms with Gasteiger partial charge in [0.25, 0.3) is 0 Å². The van der Waals surface area contributed by atoms with Crippen LogP contribution in [0.2, 0.25) is 0 Å². The molecule has 1 aromatic carbocycles. The van der Waals surface area contributed by atoms with Gasteiger partial charge in [-0.2, -0.15) is 11.8 Å². The van der Waals surface area contributed by atoms with Crippen LogP contribution in [0.25, 0.3) is 10.9 Å². The number of aliphatic carboxylic acids is 1. The van der Waals surface area contributed by atoms with Crippen molar-refractivity contribution in [2.24, 2.45) is 11.8 Å². The smallest absolute Gasteiger partial charge is 0.308 e. The third-order valence-corrected chi connectivity index (χ3v) is 6.47. The van der Waals surface area contributed by atoms with E-state index in [0.717, 1.165) is 36.2 Å². The van der Waals surface area contributed by atoms with Crippen LogP contribution >= 0.6 is 11.8 Å². The fourth-order valence-corrected chi connectivity index (χ4v) is 4.62. The van der Waals surface area contributed by atoms with Crippen molar-refractivity contribution in [3.05, 3.63) is 36.0 Å². The maximum atomic E-state index is 15.2. The number of halogens is 1. The van der Waals surface area contributed by atoms with Gasteiger partial charge in [-0.05, 0) is 67.8 Å². The van der Waals surface area contributed by atoms with Crippen molar-refractivity contribution in [3.8, 4) is 5.75 Å². The molecule has 0 radical (unpaired) electrons. The minimum atomic E-state index is -1.16. The quantitative estimate of drug-likeness (QED) is 0.648. The van der Waals surface area contributed by atoms with Gasteiger partial charge in [-0.25, -0.2) is 4.39 Å². The van der Waals surface area contributed by atoms with Gasteiger partial charge in [0.05, 0.1) is 18.5 Å². The van der Waals surface area contributed by atoms with E-state index in [1.165, 1.54) is 0 Å². The van der Waals surface area contributed by atoms with Crippen molar-refractivity contribution < 1.29 is 19.0 Å². The van der Waals surface area contributed by atoms with E-state index < -0.39 is 18.1 Å². The van der Waals surface area contributed by atoms with Crippen LogP contribution in [0.5, 0.6) is 5.75 Å². The average molecular weight is 421 g/mol. The highest BCUT2D eigenvalue weighted by atomic mass is 32.2. The summed E-state index contributed by atoms with van der Waals surface area (Å²) in [5.74, 6) is 0.495. The SMILES string of the molecule is COc1ccc2nccc([C@@H](F)CC[C@@H]3CCN(CCSC)C[C@@H]3C(=O)O)c2c1. The predicted octanol–water partition coefficient (Wildman–Crippen LogP) is 4.42. The van der Waals surface area contributed by atoms with Crippen LogP contribution in [0.4, 0.5) is 4.39 Å². The number of hydrogen-bond acceptors (Lipinski definition) is 5. The first-order valence-corrected chi connectivity index (χ1v) is 11.4. The molecule has 1 saturated heterocycles. The highest BCUT2D eigenvalue weighted by molar-refractivity contribution is 7.98. The molecule has 0 amide bonds. The van der Waals surface area contributed by atoms with E-state index in [1.54, 1.807) is 31.1 Å². The molecule has 2 aromatic rings. The molecule has 0 bridgehead atoms. The lowest BCUT2D eigenvalue weighted by Crippen LogP contribution is -2.44. The van der Waals surface area contributed by atoms with Gasteiger partial charge in [-0.1, -0.05) is 0 Å². The Morgan fingerprint density at radius 3 is 3.00 bits per heavy atom. The number of thioether (sulfide) groups is 1. The van der Waals surface area contributed by atoms with Crippen molar-refractivity contribution in [2.45, 2.75) is 25.4 Å². The fourth-order valence-electron chi connectivity index (χ4n) is 4.18. The minimum absolute atomic E-state index is 0.0129. The highest BCUT2D eigenvalue weighted by Crippen LogP contribution is 2.35. The van der Waals surface area contributed by atoms with Gasteiger partial charge in [0.1, 0.15) is 11.9 Å². The molecule has 0 saturated carbocycles. The molecule has 7 heteroatoms. The number of carbonyl (C=O) groups is 1. The summed E-state index contributed by atoms with van der Waals surface area (Å²) < 4.78 is 20.5. The first-order valence-electron chi connectivity index (χ1n) is 10.0. The molecule has 3 atom stereocenters. The number of carboxylic acids is 1. The summed E-state index contributed by atoms with van der Waals surface area (Å²) in [5.41, 5.74) is 1.33. The fraction of sp³-hybridized carbons (Fsp3) is 0.545. The number of hydrogen-bond donors (Lipinski definition) is 1. The molecule has 29 heavy (non-hydrogen) atoms. The summed E-state index contributed by atoms with van der Waals surface area (Å²) in [7, 11) is 1.59. The van der Waals surface area contributed by atoms with E-state index in [2.05, 4.69) is 16.1 Å². The number of alkyl halides is 1. The molecule has 5 nitrogen and oxygen atoms in total. The van der Waals surface area contributed by atoms with E-state index in [9.17, 15) is 9.90 Å². The highest BCUT2D eigenvalue weighted by Gasteiger charge is 2.34. The second-order valence-electron chi connectivity index (χ2n) is 7.62. The number of methoxy groups -OCH3 is 1. The molecule has 1 aromatic heterocycles. The topological polar surface area (TPSA) is 62.7 Å². The third kappa shape index (κ3) is 5.39. The summed E-state index contributed by atoms with van der Waals surface area (Å²) in [6.45, 7) is 2.36. The Morgan fingerprint density at radius 1 is 1.45 bits per heavy atom. The Kier molecular flexibility index (Phi) is 7.72. The predicted molar refractivity (Wildman–Crippen MR) is 115 cm³/mol. The summed E-state index contributed by atoms with van der Waals surface area (Å²) in [6, 6.07) is 7.17. The van der Waals surface area contributed by atoms with Gasteiger partial charge >= 0.3 is 5.97 Å². The molecule has 1 N–H and O–H groups in total. The largest absolute Gasteiger partial charge is 0.497 e. The lowest BCUT2D eigenvalue weighted by Gasteiger charge is -2.36. The van der Waals surface area contributed by atoms with Crippen molar-refractivity contribution in [1.82, 2.24) is 9.88 Å². The first-order chi connectivity index (χ1) is 14.0. The van der Waals surface area contributed by atoms with E-state index in [4.69, 9.17) is 4.74 Å². The Morgan fingerprint density at radius 2 is 2.28 bits per heavy atom. The minimum Gasteiger partial charge on any atom is -0.497 e. The Hall–Kier alpha value is -1.86. The van der Waals surface area contributed by atoms with Gasteiger partial charge in [-0.15, -0.1) is 0 Å². The van der Waals surface area contributed by atoms with Crippen LogP contribution in [0.15, 0.2) is 30.5 Å². The van der Waals surface area contributed by atoms with E-state index >= 15 is 4.39 Å². The van der Waals surface area contributed by atoms with Gasteiger partial charge in [0, 0.05) is 30.4 Å². The summed E-state index contributed by atoms with van der Waals surface area (Å²) in [4.78, 5) is 18.3. The second-order valence-corrected chi connectivity index (χ2v) is 8.60. The van der Waals surface area contributed by atoms with Crippen LogP contribution < -0.4 is 4.74 Å². The van der Waals surface area contributed by atoms with Crippen molar-refractivity contribution in [2.75, 3.05) is 38.8 Å². The number of nitrogens with zero attached hydrogens (tertiary/aromatic N) is 2. The summed E-state index contributed by atoms with van der Waals surface area (Å²) in [6.07, 6.45) is 4.22. The maximum absolute atomic E-state index is 15.2. The molecule has 0 aliphatic carbocycles. The van der Waals surface area contributed by atoms with Crippen LogP contribution in [-0.4, -0.2) is 59.7 Å². The van der Waals surface area contributed by atoms with Crippen LogP contribution in [0.3, 0.4) is 0 Å². The summed E-state index contributed by atoms with van der Waals surface area (Å²) in [5, 5.41) is 10.4. The lowest BCUT2D eigenvalue weighted by atomic mass is 9.81. The number of aromatic nitrogens is 1. The van der Waals surface area contributed by atoms with E-state index in [1.807, 2.05) is 18.2 Å². The standard InChI is InChI=1S/C22H29FN2O3S/c1-28-16-4-6-21-18(13-16)17(7-9-24-21)20(23)5-3-15-8-10-25(11-12-29-2)14-19(15)22(26)27/h4,6-7,9,13,15,19-20H,3,5,8,10-12,14H2,1-2H3,(H,26,27)/t15-,19+,20+/m1/s1. The zero-order valence-electron chi connectivity index (χ0n) is 17.0. The molecule has 158 valence electrons. The van der Waals surface area contributed by atoms with Gasteiger partial charge in [0.2, 0.25) is 0 Å². The number of piperidine rings is 1. The number of ether oxygens (including phenoxy) is 1. The molecule has 2 heterocycles. The van der Waals surface area contributed by atoms with Crippen molar-refractivity contribution in [1.29, 1.82) is 0 Å². The normalized spacial score (nSPS) is 21.2. The molecule has 1 aliphatic heterocycles. The van der Waals surface area contributed by atoms with Gasteiger partial charge < -0.3 is 14.7 Å². The number of fused-ring (bicyclic) bond motifs is 1. The molecule has 3 rings (SSSR count). The van der Waals surface area contributed by atoms with Crippen LogP contribution in [-0.2, 0) is 4.79 Å². The molecular formula is C22H29FN2O3S. The Labute approximate surface area is 175 Å². The van der Waals surface area contributed by atoms with E-state index in [-0.39, 0.29) is 5.92 Å². The number of pyridine rings is 1. The van der Waals surface area contributed by atoms with Crippen LogP contribution in [0, 0.1) is 11.8 Å².